The summed E-state index contributed by atoms with van der Waals surface area (Å²) < 4.78 is 0. The molecule has 0 saturated carbocycles. The minimum absolute atomic E-state index is 0.0844. The number of phenols is 1. The smallest absolute Gasteiger partial charge is 0.246 e. The number of nitrogens with zero attached hydrogens (tertiary/aromatic N) is 1. The number of anilines is 1. The zero-order valence-electron chi connectivity index (χ0n) is 11.9. The second-order valence-corrected chi connectivity index (χ2v) is 5.38. The molecular weight excluding hydrogens is 240 g/mol. The number of carbonyl (C=O) groups excluding carboxylic acids is 1. The first kappa shape index (κ1) is 13.9. The van der Waals surface area contributed by atoms with Crippen LogP contribution in [0.5, 0.6) is 5.75 Å². The topological polar surface area (TPSA) is 52.6 Å². The Hall–Kier alpha value is -1.55. The maximum absolute atomic E-state index is 12.7. The molecule has 1 aromatic carbocycles. The third-order valence-corrected chi connectivity index (χ3v) is 3.89. The fourth-order valence-corrected chi connectivity index (χ4v) is 2.69. The maximum Gasteiger partial charge on any atom is 0.246 e. The van der Waals surface area contributed by atoms with Crippen LogP contribution >= 0.6 is 0 Å². The predicted molar refractivity (Wildman–Crippen MR) is 76.5 cm³/mol. The number of carbonyl (C=O) groups is 1. The molecule has 4 heteroatoms. The number of nitrogens with one attached hydrogen (secondary N) is 1. The lowest BCUT2D eigenvalue weighted by atomic mass is 9.97. The van der Waals surface area contributed by atoms with Gasteiger partial charge in [-0.15, -0.1) is 0 Å². The predicted octanol–water partition coefficient (Wildman–Crippen LogP) is 2.20. The number of aromatic hydroxyl groups is 1. The Morgan fingerprint density at radius 2 is 2.26 bits per heavy atom. The molecule has 1 saturated heterocycles. The van der Waals surface area contributed by atoms with Crippen LogP contribution in [0.25, 0.3) is 0 Å². The molecule has 1 atom stereocenters. The number of benzene rings is 1. The fraction of sp³-hybridized carbons (Fsp3) is 0.533. The van der Waals surface area contributed by atoms with Crippen LogP contribution in [-0.4, -0.2) is 29.6 Å². The lowest BCUT2D eigenvalue weighted by molar-refractivity contribution is -0.123. The van der Waals surface area contributed by atoms with Gasteiger partial charge < -0.3 is 15.3 Å². The molecule has 1 amide bonds. The third-order valence-electron chi connectivity index (χ3n) is 3.89. The van der Waals surface area contributed by atoms with E-state index in [1.807, 2.05) is 26.8 Å². The summed E-state index contributed by atoms with van der Waals surface area (Å²) in [6.45, 7) is 7.36. The van der Waals surface area contributed by atoms with Gasteiger partial charge in [0.15, 0.2) is 0 Å². The van der Waals surface area contributed by atoms with Crippen molar-refractivity contribution in [1.82, 2.24) is 5.32 Å². The summed E-state index contributed by atoms with van der Waals surface area (Å²) in [4.78, 5) is 14.5. The minimum atomic E-state index is -0.478. The second-order valence-electron chi connectivity index (χ2n) is 5.38. The number of aryl methyl sites for hydroxylation is 1. The van der Waals surface area contributed by atoms with Crippen LogP contribution in [0.15, 0.2) is 18.2 Å². The zero-order chi connectivity index (χ0) is 14.0. The summed E-state index contributed by atoms with van der Waals surface area (Å²) in [5.41, 5.74) is 1.31. The van der Waals surface area contributed by atoms with E-state index in [2.05, 4.69) is 5.32 Å². The van der Waals surface area contributed by atoms with E-state index in [4.69, 9.17) is 0 Å². The van der Waals surface area contributed by atoms with Crippen LogP contribution in [0.3, 0.4) is 0 Å². The van der Waals surface area contributed by atoms with E-state index < -0.39 is 5.54 Å². The van der Waals surface area contributed by atoms with Crippen molar-refractivity contribution in [3.8, 4) is 5.75 Å². The van der Waals surface area contributed by atoms with Gasteiger partial charge in [0.1, 0.15) is 5.75 Å². The van der Waals surface area contributed by atoms with E-state index in [1.54, 1.807) is 17.0 Å². The van der Waals surface area contributed by atoms with E-state index in [9.17, 15) is 9.90 Å². The van der Waals surface area contributed by atoms with E-state index in [-0.39, 0.29) is 11.7 Å². The Kier molecular flexibility index (Phi) is 3.80. The summed E-state index contributed by atoms with van der Waals surface area (Å²) in [5.74, 6) is 0.276. The zero-order valence-corrected chi connectivity index (χ0v) is 11.9. The third kappa shape index (κ3) is 2.59. The highest BCUT2D eigenvalue weighted by Gasteiger charge is 2.39. The largest absolute Gasteiger partial charge is 0.508 e. The Balaban J connectivity index is 2.34. The first-order valence-corrected chi connectivity index (χ1v) is 6.84. The lowest BCUT2D eigenvalue weighted by Gasteiger charge is -2.32. The summed E-state index contributed by atoms with van der Waals surface area (Å²) >= 11 is 0. The van der Waals surface area contributed by atoms with Crippen molar-refractivity contribution in [3.63, 3.8) is 0 Å². The van der Waals surface area contributed by atoms with Gasteiger partial charge in [0.05, 0.1) is 11.2 Å². The molecular formula is C15H22N2O2. The molecule has 0 aromatic heterocycles. The van der Waals surface area contributed by atoms with Crippen LogP contribution < -0.4 is 10.2 Å². The van der Waals surface area contributed by atoms with E-state index >= 15 is 0 Å². The van der Waals surface area contributed by atoms with Gasteiger partial charge in [0.2, 0.25) is 5.91 Å². The maximum atomic E-state index is 12.7. The standard InChI is InChI=1S/C15H22N2O2/c1-4-17(13-10-12(18)7-6-11(13)2)14(19)15(3)8-5-9-16-15/h6-7,10,16,18H,4-5,8-9H2,1-3H3. The number of hydrogen-bond donors (Lipinski definition) is 2. The Morgan fingerprint density at radius 3 is 2.84 bits per heavy atom. The monoisotopic (exact) mass is 262 g/mol. The summed E-state index contributed by atoms with van der Waals surface area (Å²) in [5, 5.41) is 12.9. The fourth-order valence-electron chi connectivity index (χ4n) is 2.69. The van der Waals surface area contributed by atoms with Crippen molar-refractivity contribution in [2.24, 2.45) is 0 Å². The molecule has 0 bridgehead atoms. The summed E-state index contributed by atoms with van der Waals surface area (Å²) in [6, 6.07) is 5.15. The van der Waals surface area contributed by atoms with Crippen molar-refractivity contribution in [2.45, 2.75) is 39.2 Å². The van der Waals surface area contributed by atoms with Crippen LogP contribution in [0.1, 0.15) is 32.3 Å². The molecule has 0 aliphatic carbocycles. The summed E-state index contributed by atoms with van der Waals surface area (Å²) in [6.07, 6.45) is 1.89. The van der Waals surface area contributed by atoms with Gasteiger partial charge in [-0.3, -0.25) is 4.79 Å². The highest BCUT2D eigenvalue weighted by atomic mass is 16.3. The SMILES string of the molecule is CCN(C(=O)C1(C)CCCN1)c1cc(O)ccc1C. The molecule has 1 aromatic rings. The average Bonchev–Trinajstić information content (AvgIpc) is 2.82. The molecule has 1 unspecified atom stereocenters. The normalized spacial score (nSPS) is 22.5. The highest BCUT2D eigenvalue weighted by Crippen LogP contribution is 2.29. The van der Waals surface area contributed by atoms with Gasteiger partial charge in [-0.2, -0.15) is 0 Å². The van der Waals surface area contributed by atoms with Gasteiger partial charge in [-0.05, 0) is 51.8 Å². The molecule has 19 heavy (non-hydrogen) atoms. The number of likely N-dealkylation sites (N-methyl/N-ethyl adjacent to an activating group) is 1. The van der Waals surface area contributed by atoms with Crippen molar-refractivity contribution in [1.29, 1.82) is 0 Å². The second kappa shape index (κ2) is 5.21. The first-order valence-electron chi connectivity index (χ1n) is 6.84. The quantitative estimate of drug-likeness (QED) is 0.878. The molecule has 2 N–H and O–H groups in total. The molecule has 1 heterocycles. The molecule has 0 spiro atoms. The van der Waals surface area contributed by atoms with Gasteiger partial charge in [-0.1, -0.05) is 6.07 Å². The van der Waals surface area contributed by atoms with Crippen LogP contribution in [0.2, 0.25) is 0 Å². The molecule has 4 nitrogen and oxygen atoms in total. The van der Waals surface area contributed by atoms with Crippen molar-refractivity contribution in [2.75, 3.05) is 18.0 Å². The number of rotatable bonds is 3. The average molecular weight is 262 g/mol. The molecule has 1 aliphatic rings. The lowest BCUT2D eigenvalue weighted by Crippen LogP contribution is -2.53. The highest BCUT2D eigenvalue weighted by molar-refractivity contribution is 6.00. The van der Waals surface area contributed by atoms with E-state index in [0.29, 0.717) is 6.54 Å². The van der Waals surface area contributed by atoms with Gasteiger partial charge in [0, 0.05) is 12.6 Å². The van der Waals surface area contributed by atoms with Crippen LogP contribution in [-0.2, 0) is 4.79 Å². The number of phenolic OH excluding ortho intramolecular Hbond substituents is 1. The molecule has 0 radical (unpaired) electrons. The summed E-state index contributed by atoms with van der Waals surface area (Å²) in [7, 11) is 0. The van der Waals surface area contributed by atoms with E-state index in [0.717, 1.165) is 30.6 Å². The van der Waals surface area contributed by atoms with E-state index in [1.165, 1.54) is 0 Å². The Labute approximate surface area is 114 Å². The van der Waals surface area contributed by atoms with Crippen molar-refractivity contribution < 1.29 is 9.90 Å². The van der Waals surface area contributed by atoms with Gasteiger partial charge in [-0.25, -0.2) is 0 Å². The number of hydrogen-bond acceptors (Lipinski definition) is 3. The molecule has 104 valence electrons. The number of amides is 1. The Morgan fingerprint density at radius 1 is 1.53 bits per heavy atom. The van der Waals surface area contributed by atoms with Gasteiger partial charge in [0.25, 0.3) is 0 Å². The molecule has 2 rings (SSSR count). The van der Waals surface area contributed by atoms with Crippen LogP contribution in [0, 0.1) is 6.92 Å². The van der Waals surface area contributed by atoms with Crippen LogP contribution in [0.4, 0.5) is 5.69 Å². The molecule has 1 fully saturated rings. The minimum Gasteiger partial charge on any atom is -0.508 e. The van der Waals surface area contributed by atoms with Crippen molar-refractivity contribution in [3.05, 3.63) is 23.8 Å². The van der Waals surface area contributed by atoms with Crippen molar-refractivity contribution >= 4 is 11.6 Å². The van der Waals surface area contributed by atoms with Gasteiger partial charge >= 0.3 is 0 Å². The molecule has 1 aliphatic heterocycles. The Bertz CT molecular complexity index is 479. The first-order chi connectivity index (χ1) is 8.98.